The molecule has 0 aliphatic carbocycles. The minimum Gasteiger partial charge on any atom is -0.494 e. The van der Waals surface area contributed by atoms with Gasteiger partial charge in [-0.3, -0.25) is 0 Å². The highest BCUT2D eigenvalue weighted by Gasteiger charge is 2.18. The lowest BCUT2D eigenvalue weighted by atomic mass is 10.2. The summed E-state index contributed by atoms with van der Waals surface area (Å²) in [6, 6.07) is 7.66. The molecule has 0 saturated carbocycles. The lowest BCUT2D eigenvalue weighted by molar-refractivity contribution is 0.0206. The van der Waals surface area contributed by atoms with E-state index < -0.39 is 11.8 Å². The van der Waals surface area contributed by atoms with Crippen LogP contribution >= 0.6 is 0 Å². The number of benzene rings is 1. The normalized spacial score (nSPS) is 10.8. The summed E-state index contributed by atoms with van der Waals surface area (Å²) in [5.74, 6) is 0.957. The van der Waals surface area contributed by atoms with Gasteiger partial charge >= 0.3 is 6.16 Å². The third-order valence-corrected chi connectivity index (χ3v) is 1.64. The molecule has 0 bridgehead atoms. The van der Waals surface area contributed by atoms with Crippen molar-refractivity contribution in [2.45, 2.75) is 33.3 Å². The summed E-state index contributed by atoms with van der Waals surface area (Å²) in [5.41, 5.74) is -0.571. The summed E-state index contributed by atoms with van der Waals surface area (Å²) in [5, 5.41) is 0. The monoisotopic (exact) mass is 237 g/mol. The van der Waals surface area contributed by atoms with Crippen LogP contribution in [0.3, 0.4) is 0 Å². The highest BCUT2D eigenvalue weighted by atomic mass is 16.7. The zero-order valence-corrected chi connectivity index (χ0v) is 10.6. The van der Waals surface area contributed by atoms with Crippen LogP contribution < -0.4 is 9.47 Å². The quantitative estimate of drug-likeness (QED) is 0.598. The van der Waals surface area contributed by atoms with Gasteiger partial charge in [0.2, 0.25) is 0 Å². The Morgan fingerprint density at radius 1 is 1.29 bits per heavy atom. The minimum absolute atomic E-state index is 0.352. The first-order valence-corrected chi connectivity index (χ1v) is 5.45. The van der Waals surface area contributed by atoms with Crippen LogP contribution in [0.1, 0.15) is 27.7 Å². The van der Waals surface area contributed by atoms with Crippen LogP contribution in [-0.4, -0.2) is 18.4 Å². The Kier molecular flexibility index (Phi) is 4.37. The molecule has 4 nitrogen and oxygen atoms in total. The van der Waals surface area contributed by atoms with E-state index in [9.17, 15) is 4.79 Å². The highest BCUT2D eigenvalue weighted by Crippen LogP contribution is 2.20. The van der Waals surface area contributed by atoms with Crippen LogP contribution in [0, 0.1) is 6.07 Å². The van der Waals surface area contributed by atoms with E-state index in [0.29, 0.717) is 18.1 Å². The van der Waals surface area contributed by atoms with Crippen molar-refractivity contribution < 1.29 is 19.0 Å². The summed E-state index contributed by atoms with van der Waals surface area (Å²) in [7, 11) is 0. The summed E-state index contributed by atoms with van der Waals surface area (Å²) >= 11 is 0. The van der Waals surface area contributed by atoms with Gasteiger partial charge in [0.25, 0.3) is 0 Å². The van der Waals surface area contributed by atoms with Gasteiger partial charge in [0, 0.05) is 6.07 Å². The number of hydrogen-bond acceptors (Lipinski definition) is 4. The van der Waals surface area contributed by atoms with Gasteiger partial charge in [0.05, 0.1) is 6.61 Å². The maximum atomic E-state index is 11.4. The molecule has 1 radical (unpaired) electrons. The molecule has 0 aromatic heterocycles. The molecule has 0 fully saturated rings. The van der Waals surface area contributed by atoms with Crippen molar-refractivity contribution in [3.8, 4) is 11.5 Å². The lowest BCUT2D eigenvalue weighted by Crippen LogP contribution is -2.25. The predicted octanol–water partition coefficient (Wildman–Crippen LogP) is 3.20. The number of ether oxygens (including phenoxy) is 3. The Bertz CT molecular complexity index is 379. The van der Waals surface area contributed by atoms with Gasteiger partial charge in [-0.2, -0.15) is 0 Å². The second-order valence-corrected chi connectivity index (χ2v) is 4.40. The second kappa shape index (κ2) is 5.57. The van der Waals surface area contributed by atoms with Crippen molar-refractivity contribution in [3.05, 3.63) is 24.3 Å². The fourth-order valence-corrected chi connectivity index (χ4v) is 1.11. The van der Waals surface area contributed by atoms with E-state index in [4.69, 9.17) is 14.2 Å². The van der Waals surface area contributed by atoms with Gasteiger partial charge < -0.3 is 14.2 Å². The van der Waals surface area contributed by atoms with Gasteiger partial charge in [-0.1, -0.05) is 0 Å². The molecule has 1 rings (SSSR count). The SMILES string of the molecule is CCOc1c[c]cc(OC(=O)OC(C)(C)C)c1. The Labute approximate surface area is 101 Å². The number of hydrogen-bond donors (Lipinski definition) is 0. The summed E-state index contributed by atoms with van der Waals surface area (Å²) in [6.07, 6.45) is -0.737. The molecule has 0 saturated heterocycles. The Balaban J connectivity index is 2.62. The fraction of sp³-hybridized carbons (Fsp3) is 0.462. The average Bonchev–Trinajstić information content (AvgIpc) is 2.15. The first-order chi connectivity index (χ1) is 7.90. The molecule has 0 N–H and O–H groups in total. The molecule has 17 heavy (non-hydrogen) atoms. The predicted molar refractivity (Wildman–Crippen MR) is 63.3 cm³/mol. The largest absolute Gasteiger partial charge is 0.514 e. The Hall–Kier alpha value is -1.71. The second-order valence-electron chi connectivity index (χ2n) is 4.40. The topological polar surface area (TPSA) is 44.8 Å². The molecule has 0 heterocycles. The van der Waals surface area contributed by atoms with Gasteiger partial charge in [-0.15, -0.1) is 0 Å². The molecule has 1 aromatic carbocycles. The van der Waals surface area contributed by atoms with E-state index in [0.717, 1.165) is 0 Å². The van der Waals surface area contributed by atoms with Gasteiger partial charge in [0.15, 0.2) is 0 Å². The standard InChI is InChI=1S/C13H17O4/c1-5-15-10-7-6-8-11(9-10)16-12(14)17-13(2,3)4/h7-9H,5H2,1-4H3. The molecular formula is C13H17O4. The first kappa shape index (κ1) is 13.4. The van der Waals surface area contributed by atoms with Gasteiger partial charge in [0.1, 0.15) is 17.1 Å². The van der Waals surface area contributed by atoms with Crippen LogP contribution in [0.5, 0.6) is 11.5 Å². The smallest absolute Gasteiger partial charge is 0.494 e. The van der Waals surface area contributed by atoms with Crippen LogP contribution in [0.2, 0.25) is 0 Å². The van der Waals surface area contributed by atoms with Crippen molar-refractivity contribution in [1.82, 2.24) is 0 Å². The average molecular weight is 237 g/mol. The molecule has 4 heteroatoms. The zero-order valence-electron chi connectivity index (χ0n) is 10.6. The van der Waals surface area contributed by atoms with Crippen molar-refractivity contribution in [1.29, 1.82) is 0 Å². The van der Waals surface area contributed by atoms with Crippen molar-refractivity contribution in [2.24, 2.45) is 0 Å². The van der Waals surface area contributed by atoms with E-state index in [1.54, 1.807) is 39.0 Å². The van der Waals surface area contributed by atoms with Crippen LogP contribution in [0.25, 0.3) is 0 Å². The highest BCUT2D eigenvalue weighted by molar-refractivity contribution is 5.64. The summed E-state index contributed by atoms with van der Waals surface area (Å²) in [4.78, 5) is 11.4. The number of carbonyl (C=O) groups excluding carboxylic acids is 1. The third-order valence-electron chi connectivity index (χ3n) is 1.64. The lowest BCUT2D eigenvalue weighted by Gasteiger charge is -2.18. The third kappa shape index (κ3) is 5.24. The minimum atomic E-state index is -0.737. The van der Waals surface area contributed by atoms with Crippen LogP contribution in [0.4, 0.5) is 4.79 Å². The maximum absolute atomic E-state index is 11.4. The molecule has 0 spiro atoms. The Morgan fingerprint density at radius 2 is 1.94 bits per heavy atom. The van der Waals surface area contributed by atoms with E-state index >= 15 is 0 Å². The Morgan fingerprint density at radius 3 is 2.53 bits per heavy atom. The van der Waals surface area contributed by atoms with Crippen LogP contribution in [-0.2, 0) is 4.74 Å². The van der Waals surface area contributed by atoms with E-state index in [-0.39, 0.29) is 0 Å². The summed E-state index contributed by atoms with van der Waals surface area (Å²) < 4.78 is 15.3. The van der Waals surface area contributed by atoms with Crippen molar-refractivity contribution >= 4 is 6.16 Å². The van der Waals surface area contributed by atoms with Gasteiger partial charge in [-0.25, -0.2) is 4.79 Å². The van der Waals surface area contributed by atoms with Gasteiger partial charge in [-0.05, 0) is 45.9 Å². The molecule has 0 aliphatic heterocycles. The van der Waals surface area contributed by atoms with Crippen LogP contribution in [0.15, 0.2) is 18.2 Å². The molecule has 0 aliphatic rings. The molecule has 0 amide bonds. The number of rotatable bonds is 3. The molecular weight excluding hydrogens is 220 g/mol. The van der Waals surface area contributed by atoms with E-state index in [1.807, 2.05) is 6.92 Å². The van der Waals surface area contributed by atoms with E-state index in [2.05, 4.69) is 6.07 Å². The molecule has 1 aromatic rings. The summed E-state index contributed by atoms with van der Waals surface area (Å²) in [6.45, 7) is 7.75. The molecule has 0 unspecified atom stereocenters. The van der Waals surface area contributed by atoms with Crippen molar-refractivity contribution in [3.63, 3.8) is 0 Å². The zero-order chi connectivity index (χ0) is 12.9. The number of carbonyl (C=O) groups is 1. The van der Waals surface area contributed by atoms with Crippen molar-refractivity contribution in [2.75, 3.05) is 6.61 Å². The molecule has 0 atom stereocenters. The molecule has 93 valence electrons. The maximum Gasteiger partial charge on any atom is 0.514 e. The fourth-order valence-electron chi connectivity index (χ4n) is 1.11. The first-order valence-electron chi connectivity index (χ1n) is 5.45. The van der Waals surface area contributed by atoms with E-state index in [1.165, 1.54) is 0 Å².